The van der Waals surface area contributed by atoms with E-state index in [1.165, 1.54) is 31.2 Å². The second-order valence-electron chi connectivity index (χ2n) is 5.76. The Morgan fingerprint density at radius 2 is 1.76 bits per heavy atom. The van der Waals surface area contributed by atoms with E-state index >= 15 is 0 Å². The van der Waals surface area contributed by atoms with Crippen LogP contribution in [0.15, 0.2) is 24.3 Å². The second-order valence-corrected chi connectivity index (χ2v) is 5.76. The van der Waals surface area contributed by atoms with E-state index in [1.807, 2.05) is 12.1 Å². The highest BCUT2D eigenvalue weighted by molar-refractivity contribution is 5.27. The smallest absolute Gasteiger partial charge is 0.118 e. The van der Waals surface area contributed by atoms with E-state index in [2.05, 4.69) is 22.8 Å². The number of hydrogen-bond acceptors (Lipinski definition) is 4. The van der Waals surface area contributed by atoms with Crippen molar-refractivity contribution in [3.63, 3.8) is 0 Å². The Balaban J connectivity index is 1.80. The summed E-state index contributed by atoms with van der Waals surface area (Å²) < 4.78 is 5.18. The maximum Gasteiger partial charge on any atom is 0.118 e. The van der Waals surface area contributed by atoms with Crippen LogP contribution in [-0.2, 0) is 6.54 Å². The number of methoxy groups -OCH3 is 1. The minimum absolute atomic E-state index is 0.268. The van der Waals surface area contributed by atoms with Gasteiger partial charge in [0.1, 0.15) is 5.75 Å². The molecule has 0 aliphatic heterocycles. The molecule has 0 saturated heterocycles. The van der Waals surface area contributed by atoms with Crippen molar-refractivity contribution in [1.82, 2.24) is 10.6 Å². The lowest BCUT2D eigenvalue weighted by atomic mass is 9.90. The molecule has 1 aromatic carbocycles. The van der Waals surface area contributed by atoms with E-state index in [4.69, 9.17) is 9.84 Å². The molecule has 0 unspecified atom stereocenters. The molecule has 0 aromatic heterocycles. The van der Waals surface area contributed by atoms with Gasteiger partial charge in [0.05, 0.1) is 7.11 Å². The molecule has 2 atom stereocenters. The van der Waals surface area contributed by atoms with Gasteiger partial charge < -0.3 is 20.5 Å². The molecular weight excluding hydrogens is 264 g/mol. The average molecular weight is 292 g/mol. The van der Waals surface area contributed by atoms with E-state index < -0.39 is 0 Å². The number of hydrogen-bond donors (Lipinski definition) is 3. The molecule has 0 heterocycles. The van der Waals surface area contributed by atoms with Gasteiger partial charge in [-0.05, 0) is 43.5 Å². The zero-order chi connectivity index (χ0) is 14.9. The molecule has 3 N–H and O–H groups in total. The van der Waals surface area contributed by atoms with Crippen LogP contribution in [0.1, 0.15) is 37.7 Å². The predicted octanol–water partition coefficient (Wildman–Crippen LogP) is 2.07. The summed E-state index contributed by atoms with van der Waals surface area (Å²) in [6.07, 6.45) is 5.90. The number of ether oxygens (including phenoxy) is 1. The molecule has 4 nitrogen and oxygen atoms in total. The molecule has 1 aliphatic rings. The van der Waals surface area contributed by atoms with Crippen LogP contribution in [0.2, 0.25) is 0 Å². The highest BCUT2D eigenvalue weighted by atomic mass is 16.5. The largest absolute Gasteiger partial charge is 0.497 e. The Morgan fingerprint density at radius 1 is 1.10 bits per heavy atom. The van der Waals surface area contributed by atoms with Crippen molar-refractivity contribution < 1.29 is 9.84 Å². The van der Waals surface area contributed by atoms with Gasteiger partial charge >= 0.3 is 0 Å². The van der Waals surface area contributed by atoms with Crippen molar-refractivity contribution in [2.24, 2.45) is 0 Å². The van der Waals surface area contributed by atoms with E-state index in [0.717, 1.165) is 25.3 Å². The molecule has 21 heavy (non-hydrogen) atoms. The molecule has 1 fully saturated rings. The molecule has 0 amide bonds. The summed E-state index contributed by atoms with van der Waals surface area (Å²) in [5.41, 5.74) is 1.29. The first-order valence-corrected chi connectivity index (χ1v) is 8.04. The Bertz CT molecular complexity index is 394. The highest BCUT2D eigenvalue weighted by Crippen LogP contribution is 2.19. The van der Waals surface area contributed by atoms with E-state index in [1.54, 1.807) is 7.11 Å². The minimum Gasteiger partial charge on any atom is -0.497 e. The van der Waals surface area contributed by atoms with E-state index in [-0.39, 0.29) is 6.61 Å². The fraction of sp³-hybridized carbons (Fsp3) is 0.647. The SMILES string of the molecule is COc1ccc(CN[C@@H]2CCCC[C@H]2NCCCO)cc1. The number of nitrogens with one attached hydrogen (secondary N) is 2. The van der Waals surface area contributed by atoms with Gasteiger partial charge in [-0.15, -0.1) is 0 Å². The van der Waals surface area contributed by atoms with Crippen molar-refractivity contribution in [3.8, 4) is 5.75 Å². The Morgan fingerprint density at radius 3 is 2.38 bits per heavy atom. The number of benzene rings is 1. The highest BCUT2D eigenvalue weighted by Gasteiger charge is 2.23. The van der Waals surface area contributed by atoms with E-state index in [9.17, 15) is 0 Å². The maximum absolute atomic E-state index is 8.89. The van der Waals surface area contributed by atoms with Gasteiger partial charge in [-0.25, -0.2) is 0 Å². The maximum atomic E-state index is 8.89. The van der Waals surface area contributed by atoms with Crippen molar-refractivity contribution in [2.45, 2.75) is 50.7 Å². The van der Waals surface area contributed by atoms with Gasteiger partial charge in [-0.3, -0.25) is 0 Å². The lowest BCUT2D eigenvalue weighted by Gasteiger charge is -2.33. The molecule has 0 bridgehead atoms. The first-order chi connectivity index (χ1) is 10.3. The first kappa shape index (κ1) is 16.3. The number of aliphatic hydroxyl groups is 1. The zero-order valence-corrected chi connectivity index (χ0v) is 13.0. The third-order valence-corrected chi connectivity index (χ3v) is 4.23. The lowest BCUT2D eigenvalue weighted by Crippen LogP contribution is -2.49. The third kappa shape index (κ3) is 5.30. The predicted molar refractivity (Wildman–Crippen MR) is 85.6 cm³/mol. The van der Waals surface area contributed by atoms with Crippen molar-refractivity contribution in [2.75, 3.05) is 20.3 Å². The molecular formula is C17H28N2O2. The first-order valence-electron chi connectivity index (χ1n) is 8.04. The molecule has 118 valence electrons. The van der Waals surface area contributed by atoms with Crippen LogP contribution in [0.4, 0.5) is 0 Å². The normalized spacial score (nSPS) is 22.2. The average Bonchev–Trinajstić information content (AvgIpc) is 2.54. The lowest BCUT2D eigenvalue weighted by molar-refractivity contribution is 0.257. The van der Waals surface area contributed by atoms with Crippen molar-refractivity contribution in [3.05, 3.63) is 29.8 Å². The van der Waals surface area contributed by atoms with E-state index in [0.29, 0.717) is 12.1 Å². The quantitative estimate of drug-likeness (QED) is 0.642. The Labute approximate surface area is 127 Å². The van der Waals surface area contributed by atoms with Crippen molar-refractivity contribution >= 4 is 0 Å². The summed E-state index contributed by atoms with van der Waals surface area (Å²) in [7, 11) is 1.69. The molecule has 1 aliphatic carbocycles. The third-order valence-electron chi connectivity index (χ3n) is 4.23. The Kier molecular flexibility index (Phi) is 7.00. The number of aliphatic hydroxyl groups excluding tert-OH is 1. The summed E-state index contributed by atoms with van der Waals surface area (Å²) in [4.78, 5) is 0. The second kappa shape index (κ2) is 9.03. The van der Waals surface area contributed by atoms with Gasteiger partial charge in [0.15, 0.2) is 0 Å². The van der Waals surface area contributed by atoms with Crippen LogP contribution in [-0.4, -0.2) is 37.5 Å². The van der Waals surface area contributed by atoms with Crippen LogP contribution < -0.4 is 15.4 Å². The summed E-state index contributed by atoms with van der Waals surface area (Å²) in [5.74, 6) is 0.903. The fourth-order valence-electron chi connectivity index (χ4n) is 2.98. The molecule has 1 saturated carbocycles. The van der Waals surface area contributed by atoms with Crippen LogP contribution in [0, 0.1) is 0 Å². The van der Waals surface area contributed by atoms with Gasteiger partial charge in [0, 0.05) is 25.2 Å². The summed E-state index contributed by atoms with van der Waals surface area (Å²) in [6, 6.07) is 9.30. The van der Waals surface area contributed by atoms with Crippen LogP contribution in [0.25, 0.3) is 0 Å². The summed E-state index contributed by atoms with van der Waals surface area (Å²) in [6.45, 7) is 2.07. The van der Waals surface area contributed by atoms with Gasteiger partial charge in [-0.1, -0.05) is 25.0 Å². The minimum atomic E-state index is 0.268. The van der Waals surface area contributed by atoms with Gasteiger partial charge in [0.25, 0.3) is 0 Å². The fourth-order valence-corrected chi connectivity index (χ4v) is 2.98. The van der Waals surface area contributed by atoms with Crippen LogP contribution >= 0.6 is 0 Å². The summed E-state index contributed by atoms with van der Waals surface area (Å²) in [5, 5.41) is 16.2. The van der Waals surface area contributed by atoms with Crippen LogP contribution in [0.3, 0.4) is 0 Å². The molecule has 2 rings (SSSR count). The summed E-state index contributed by atoms with van der Waals surface area (Å²) >= 11 is 0. The Hall–Kier alpha value is -1.10. The molecule has 0 spiro atoms. The molecule has 1 aromatic rings. The topological polar surface area (TPSA) is 53.5 Å². The number of rotatable bonds is 8. The molecule has 4 heteroatoms. The standard InChI is InChI=1S/C17H28N2O2/c1-21-15-9-7-14(8-10-15)13-19-17-6-3-2-5-16(17)18-11-4-12-20/h7-10,16-20H,2-6,11-13H2,1H3/t16-,17-/m1/s1. The van der Waals surface area contributed by atoms with Crippen LogP contribution in [0.5, 0.6) is 5.75 Å². The zero-order valence-electron chi connectivity index (χ0n) is 13.0. The van der Waals surface area contributed by atoms with Crippen molar-refractivity contribution in [1.29, 1.82) is 0 Å². The van der Waals surface area contributed by atoms with Gasteiger partial charge in [0.2, 0.25) is 0 Å². The molecule has 0 radical (unpaired) electrons. The van der Waals surface area contributed by atoms with Gasteiger partial charge in [-0.2, -0.15) is 0 Å². The monoisotopic (exact) mass is 292 g/mol.